The Bertz CT molecular complexity index is 1640. The lowest BCUT2D eigenvalue weighted by molar-refractivity contribution is -0.267. The quantitative estimate of drug-likeness (QED) is 0.0750. The summed E-state index contributed by atoms with van der Waals surface area (Å²) in [5.74, 6) is -0.429. The first kappa shape index (κ1) is 40.5. The van der Waals surface area contributed by atoms with Crippen molar-refractivity contribution in [2.45, 2.75) is 77.6 Å². The third kappa shape index (κ3) is 12.2. The Labute approximate surface area is 305 Å². The van der Waals surface area contributed by atoms with Gasteiger partial charge in [0.05, 0.1) is 6.04 Å². The number of aryl methyl sites for hydroxylation is 2. The molecule has 0 bridgehead atoms. The van der Waals surface area contributed by atoms with E-state index in [0.29, 0.717) is 31.7 Å². The van der Waals surface area contributed by atoms with Gasteiger partial charge in [-0.1, -0.05) is 92.7 Å². The number of benzene rings is 3. The van der Waals surface area contributed by atoms with Crippen molar-refractivity contribution in [2.75, 3.05) is 26.8 Å². The van der Waals surface area contributed by atoms with E-state index in [-0.39, 0.29) is 37.3 Å². The molecule has 3 aromatic carbocycles. The molecule has 4 N–H and O–H groups in total. The minimum atomic E-state index is -4.64. The zero-order valence-electron chi connectivity index (χ0n) is 30.4. The van der Waals surface area contributed by atoms with E-state index in [9.17, 15) is 23.8 Å². The average molecular weight is 739 g/mol. The number of hydrogen-bond donors (Lipinski definition) is 4. The van der Waals surface area contributed by atoms with Crippen molar-refractivity contribution >= 4 is 25.7 Å². The summed E-state index contributed by atoms with van der Waals surface area (Å²) in [5, 5.41) is 8.96. The Morgan fingerprint density at radius 3 is 2.12 bits per heavy atom. The molecule has 1 aliphatic rings. The highest BCUT2D eigenvalue weighted by molar-refractivity contribution is 7.47. The average Bonchev–Trinajstić information content (AvgIpc) is 3.11. The van der Waals surface area contributed by atoms with Gasteiger partial charge in [0.1, 0.15) is 17.9 Å². The number of hydrogen-bond acceptors (Lipinski definition) is 8. The van der Waals surface area contributed by atoms with Gasteiger partial charge in [-0.2, -0.15) is 0 Å². The number of nitrogens with zero attached hydrogens (tertiary/aromatic N) is 1. The molecule has 0 aliphatic carbocycles. The first-order valence-electron chi connectivity index (χ1n) is 17.5. The van der Waals surface area contributed by atoms with Gasteiger partial charge in [0.25, 0.3) is 5.91 Å². The van der Waals surface area contributed by atoms with E-state index in [1.807, 2.05) is 107 Å². The van der Waals surface area contributed by atoms with Crippen LogP contribution in [0.5, 0.6) is 5.75 Å². The highest BCUT2D eigenvalue weighted by Gasteiger charge is 2.37. The number of ether oxygens (including phenoxy) is 1. The molecular weight excluding hydrogens is 687 g/mol. The van der Waals surface area contributed by atoms with Crippen LogP contribution in [0.25, 0.3) is 0 Å². The van der Waals surface area contributed by atoms with Crippen LogP contribution in [0, 0.1) is 19.8 Å². The fourth-order valence-electron chi connectivity index (χ4n) is 6.34. The SMILES string of the molecule is COP(=O)(O)OO[C@@H](C[C@H](Cc1ccccc1)NC(=O)[C@H](C(C)C)N1CCCNC1=O)[C@H](Cc1ccccc1)NC(=O)COc1c(C)cccc1C. The number of para-hydroxylation sites is 1. The Morgan fingerprint density at radius 2 is 1.54 bits per heavy atom. The molecule has 3 aromatic rings. The van der Waals surface area contributed by atoms with Crippen molar-refractivity contribution in [1.29, 1.82) is 0 Å². The summed E-state index contributed by atoms with van der Waals surface area (Å²) in [7, 11) is -3.63. The monoisotopic (exact) mass is 738 g/mol. The topological polar surface area (TPSA) is 165 Å². The van der Waals surface area contributed by atoms with E-state index in [0.717, 1.165) is 29.4 Å². The highest BCUT2D eigenvalue weighted by atomic mass is 31.2. The summed E-state index contributed by atoms with van der Waals surface area (Å²) in [6, 6.07) is 22.0. The number of nitrogens with one attached hydrogen (secondary N) is 3. The highest BCUT2D eigenvalue weighted by Crippen LogP contribution is 2.43. The molecule has 0 spiro atoms. The fraction of sp³-hybridized carbons (Fsp3) is 0.447. The van der Waals surface area contributed by atoms with Gasteiger partial charge in [0.15, 0.2) is 6.61 Å². The van der Waals surface area contributed by atoms with Gasteiger partial charge in [-0.15, -0.1) is 4.67 Å². The van der Waals surface area contributed by atoms with Gasteiger partial charge in [-0.3, -0.25) is 14.1 Å². The molecule has 0 aromatic heterocycles. The molecule has 5 atom stereocenters. The van der Waals surface area contributed by atoms with Crippen molar-refractivity contribution in [3.63, 3.8) is 0 Å². The Hall–Kier alpha value is -4.26. The van der Waals surface area contributed by atoms with E-state index in [4.69, 9.17) is 14.3 Å². The summed E-state index contributed by atoms with van der Waals surface area (Å²) in [6.07, 6.45) is 0.215. The summed E-state index contributed by atoms with van der Waals surface area (Å²) in [6.45, 7) is 8.22. The van der Waals surface area contributed by atoms with Gasteiger partial charge in [0, 0.05) is 26.2 Å². The molecule has 1 saturated heterocycles. The first-order chi connectivity index (χ1) is 24.9. The lowest BCUT2D eigenvalue weighted by Crippen LogP contribution is -2.59. The lowest BCUT2D eigenvalue weighted by atomic mass is 9.92. The van der Waals surface area contributed by atoms with Crippen LogP contribution in [-0.4, -0.2) is 78.7 Å². The van der Waals surface area contributed by atoms with Crippen LogP contribution in [0.3, 0.4) is 0 Å². The maximum absolute atomic E-state index is 14.1. The minimum absolute atomic E-state index is 0.0247. The molecule has 0 radical (unpaired) electrons. The van der Waals surface area contributed by atoms with Crippen LogP contribution in [0.2, 0.25) is 0 Å². The molecule has 0 saturated carbocycles. The largest absolute Gasteiger partial charge is 0.499 e. The zero-order chi connectivity index (χ0) is 37.7. The first-order valence-corrected chi connectivity index (χ1v) is 19.0. The molecule has 13 nitrogen and oxygen atoms in total. The number of phosphoric acid groups is 1. The fourth-order valence-corrected chi connectivity index (χ4v) is 6.62. The van der Waals surface area contributed by atoms with E-state index >= 15 is 0 Å². The second-order valence-electron chi connectivity index (χ2n) is 13.3. The van der Waals surface area contributed by atoms with Gasteiger partial charge in [-0.25, -0.2) is 14.2 Å². The molecule has 1 heterocycles. The van der Waals surface area contributed by atoms with Gasteiger partial charge >= 0.3 is 13.9 Å². The molecule has 52 heavy (non-hydrogen) atoms. The molecular formula is C38H51N4O9P. The predicted molar refractivity (Wildman–Crippen MR) is 196 cm³/mol. The Morgan fingerprint density at radius 1 is 0.923 bits per heavy atom. The van der Waals surface area contributed by atoms with E-state index < -0.39 is 38.0 Å². The smallest absolute Gasteiger partial charge is 0.483 e. The molecule has 14 heteroatoms. The number of carbonyl (C=O) groups excluding carboxylic acids is 3. The standard InChI is InChI=1S/C38H51N4O9P/c1-26(2)35(42-21-13-20-39-38(42)45)37(44)40-31(22-29-16-8-6-9-17-29)24-33(50-51-52(46,47)48-5)32(23-30-18-10-7-11-19-30)41-34(43)25-49-36-27(3)14-12-15-28(36)4/h6-12,14-19,26,31-33,35H,13,20-25H2,1-5H3,(H,39,45)(H,40,44)(H,41,43)(H,46,47)/t31-,32-,33-,35-/m0/s1. The van der Waals surface area contributed by atoms with Crippen LogP contribution < -0.4 is 20.7 Å². The van der Waals surface area contributed by atoms with Crippen molar-refractivity contribution in [1.82, 2.24) is 20.9 Å². The predicted octanol–water partition coefficient (Wildman–Crippen LogP) is 5.03. The molecule has 282 valence electrons. The molecule has 4 amide bonds. The summed E-state index contributed by atoms with van der Waals surface area (Å²) < 4.78 is 28.0. The van der Waals surface area contributed by atoms with Crippen LogP contribution in [0.1, 0.15) is 48.9 Å². The molecule has 4 rings (SSSR count). The van der Waals surface area contributed by atoms with Crippen molar-refractivity contribution < 1.29 is 42.7 Å². The number of rotatable bonds is 19. The minimum Gasteiger partial charge on any atom is -0.483 e. The second-order valence-corrected chi connectivity index (χ2v) is 14.8. The van der Waals surface area contributed by atoms with Crippen molar-refractivity contribution in [3.8, 4) is 5.75 Å². The maximum Gasteiger partial charge on any atom is 0.499 e. The summed E-state index contributed by atoms with van der Waals surface area (Å²) >= 11 is 0. The Kier molecular flexibility index (Phi) is 15.2. The number of carbonyl (C=O) groups is 3. The lowest BCUT2D eigenvalue weighted by Gasteiger charge is -2.37. The third-order valence-electron chi connectivity index (χ3n) is 8.88. The van der Waals surface area contributed by atoms with Crippen LogP contribution in [-0.2, 0) is 41.1 Å². The van der Waals surface area contributed by atoms with Crippen molar-refractivity contribution in [2.24, 2.45) is 5.92 Å². The molecule has 1 aliphatic heterocycles. The number of amides is 4. The van der Waals surface area contributed by atoms with Gasteiger partial charge < -0.3 is 30.5 Å². The van der Waals surface area contributed by atoms with Gasteiger partial charge in [-0.05, 0) is 67.7 Å². The number of urea groups is 1. The third-order valence-corrected chi connectivity index (χ3v) is 9.61. The second kappa shape index (κ2) is 19.5. The van der Waals surface area contributed by atoms with Crippen molar-refractivity contribution in [3.05, 3.63) is 101 Å². The summed E-state index contributed by atoms with van der Waals surface area (Å²) in [4.78, 5) is 57.9. The van der Waals surface area contributed by atoms with Crippen LogP contribution >= 0.6 is 7.82 Å². The molecule has 1 fully saturated rings. The van der Waals surface area contributed by atoms with E-state index in [2.05, 4.69) is 20.5 Å². The maximum atomic E-state index is 14.1. The normalized spacial score (nSPS) is 16.6. The van der Waals surface area contributed by atoms with E-state index in [1.165, 1.54) is 0 Å². The van der Waals surface area contributed by atoms with Crippen LogP contribution in [0.4, 0.5) is 4.79 Å². The van der Waals surface area contributed by atoms with Gasteiger partial charge in [0.2, 0.25) is 5.91 Å². The Balaban J connectivity index is 1.66. The zero-order valence-corrected chi connectivity index (χ0v) is 31.3. The number of phosphoric ester groups is 1. The van der Waals surface area contributed by atoms with Crippen LogP contribution in [0.15, 0.2) is 78.9 Å². The molecule has 1 unspecified atom stereocenters. The summed E-state index contributed by atoms with van der Waals surface area (Å²) in [5.41, 5.74) is 3.50. The van der Waals surface area contributed by atoms with E-state index in [1.54, 1.807) is 4.90 Å².